The van der Waals surface area contributed by atoms with E-state index >= 15 is 0 Å². The van der Waals surface area contributed by atoms with Crippen molar-refractivity contribution in [3.63, 3.8) is 0 Å². The molecule has 0 spiro atoms. The Labute approximate surface area is 186 Å². The summed E-state index contributed by atoms with van der Waals surface area (Å²) in [6, 6.07) is 12.0. The summed E-state index contributed by atoms with van der Waals surface area (Å²) < 4.78 is 42.8. The second-order valence-corrected chi connectivity index (χ2v) is 9.39. The highest BCUT2D eigenvalue weighted by Gasteiger charge is 2.27. The summed E-state index contributed by atoms with van der Waals surface area (Å²) in [4.78, 5) is 17.0. The van der Waals surface area contributed by atoms with Crippen LogP contribution in [0.2, 0.25) is 0 Å². The van der Waals surface area contributed by atoms with Crippen molar-refractivity contribution >= 4 is 16.0 Å². The molecule has 0 aliphatic carbocycles. The number of sulfonamides is 1. The lowest BCUT2D eigenvalue weighted by Gasteiger charge is -2.26. The number of rotatable bonds is 6. The number of aromatic nitrogens is 2. The van der Waals surface area contributed by atoms with Crippen LogP contribution in [0.1, 0.15) is 27.4 Å². The molecule has 10 heteroatoms. The first-order valence-corrected chi connectivity index (χ1v) is 11.5. The number of morpholine rings is 1. The molecule has 0 N–H and O–H groups in total. The van der Waals surface area contributed by atoms with Gasteiger partial charge in [-0.2, -0.15) is 9.29 Å². The molecule has 32 heavy (non-hydrogen) atoms. The maximum atomic E-state index is 12.9. The molecule has 168 valence electrons. The van der Waals surface area contributed by atoms with Crippen LogP contribution < -0.4 is 0 Å². The molecule has 0 saturated carbocycles. The first-order chi connectivity index (χ1) is 15.3. The van der Waals surface area contributed by atoms with Gasteiger partial charge in [0, 0.05) is 18.7 Å². The number of benzene rings is 2. The van der Waals surface area contributed by atoms with Crippen molar-refractivity contribution in [3.8, 4) is 11.4 Å². The third-order valence-electron chi connectivity index (χ3n) is 5.14. The van der Waals surface area contributed by atoms with E-state index in [0.717, 1.165) is 11.1 Å². The summed E-state index contributed by atoms with van der Waals surface area (Å²) in [6.07, 6.45) is 0. The Morgan fingerprint density at radius 3 is 2.53 bits per heavy atom. The highest BCUT2D eigenvalue weighted by atomic mass is 32.2. The van der Waals surface area contributed by atoms with Gasteiger partial charge in [-0.1, -0.05) is 41.1 Å². The molecule has 1 saturated heterocycles. The molecule has 4 rings (SSSR count). The zero-order valence-corrected chi connectivity index (χ0v) is 18.6. The summed E-state index contributed by atoms with van der Waals surface area (Å²) in [5.74, 6) is -0.133. The molecule has 0 radical (unpaired) electrons. The van der Waals surface area contributed by atoms with Crippen molar-refractivity contribution in [2.24, 2.45) is 0 Å². The van der Waals surface area contributed by atoms with Crippen molar-refractivity contribution in [1.29, 1.82) is 0 Å². The molecular formula is C22H23N3O6S. The number of carbonyl (C=O) groups is 1. The van der Waals surface area contributed by atoms with E-state index in [1.54, 1.807) is 13.0 Å². The molecule has 0 atom stereocenters. The van der Waals surface area contributed by atoms with Crippen molar-refractivity contribution in [3.05, 3.63) is 65.0 Å². The van der Waals surface area contributed by atoms with Crippen molar-refractivity contribution < 1.29 is 27.2 Å². The van der Waals surface area contributed by atoms with Crippen molar-refractivity contribution in [2.75, 3.05) is 26.3 Å². The molecule has 0 bridgehead atoms. The topological polar surface area (TPSA) is 112 Å². The lowest BCUT2D eigenvalue weighted by atomic mass is 10.1. The normalized spacial score (nSPS) is 14.9. The van der Waals surface area contributed by atoms with Gasteiger partial charge in [0.25, 0.3) is 5.89 Å². The molecule has 1 aliphatic heterocycles. The zero-order valence-electron chi connectivity index (χ0n) is 17.8. The van der Waals surface area contributed by atoms with Gasteiger partial charge in [0.1, 0.15) is 0 Å². The number of hydrogen-bond acceptors (Lipinski definition) is 8. The van der Waals surface area contributed by atoms with E-state index in [0.29, 0.717) is 24.6 Å². The molecule has 1 aliphatic rings. The van der Waals surface area contributed by atoms with Gasteiger partial charge in [0.05, 0.1) is 23.7 Å². The van der Waals surface area contributed by atoms with Crippen LogP contribution >= 0.6 is 0 Å². The van der Waals surface area contributed by atoms with E-state index in [-0.39, 0.29) is 36.0 Å². The van der Waals surface area contributed by atoms with E-state index in [4.69, 9.17) is 14.0 Å². The minimum atomic E-state index is -3.73. The van der Waals surface area contributed by atoms with Gasteiger partial charge in [0.2, 0.25) is 15.8 Å². The number of nitrogens with zero attached hydrogens (tertiary/aromatic N) is 3. The van der Waals surface area contributed by atoms with Crippen LogP contribution in [0, 0.1) is 13.8 Å². The number of carbonyl (C=O) groups excluding carboxylic acids is 1. The van der Waals surface area contributed by atoms with Crippen molar-refractivity contribution in [2.45, 2.75) is 25.3 Å². The van der Waals surface area contributed by atoms with Gasteiger partial charge in [0.15, 0.2) is 6.61 Å². The van der Waals surface area contributed by atoms with E-state index in [1.807, 2.05) is 31.2 Å². The summed E-state index contributed by atoms with van der Waals surface area (Å²) in [7, 11) is -3.73. The number of esters is 1. The number of ether oxygens (including phenoxy) is 2. The standard InChI is InChI=1S/C22H23N3O6S/c1-15-3-6-17(7-4-15)21-23-20(31-24-21)14-30-22(26)19-13-18(8-5-16(19)2)32(27,28)25-9-11-29-12-10-25/h3-8,13H,9-12,14H2,1-2H3. The lowest BCUT2D eigenvalue weighted by Crippen LogP contribution is -2.40. The van der Waals surface area contributed by atoms with Crippen LogP contribution in [0.15, 0.2) is 51.9 Å². The van der Waals surface area contributed by atoms with Gasteiger partial charge in [-0.15, -0.1) is 0 Å². The highest BCUT2D eigenvalue weighted by molar-refractivity contribution is 7.89. The maximum Gasteiger partial charge on any atom is 0.338 e. The molecule has 1 aromatic heterocycles. The summed E-state index contributed by atoms with van der Waals surface area (Å²) in [5, 5.41) is 3.91. The van der Waals surface area contributed by atoms with E-state index in [9.17, 15) is 13.2 Å². The Hall–Kier alpha value is -3.08. The molecule has 9 nitrogen and oxygen atoms in total. The molecule has 3 aromatic rings. The average Bonchev–Trinajstić information content (AvgIpc) is 3.28. The van der Waals surface area contributed by atoms with Gasteiger partial charge in [-0.05, 0) is 31.5 Å². The fourth-order valence-corrected chi connectivity index (χ4v) is 4.69. The molecule has 2 aromatic carbocycles. The van der Waals surface area contributed by atoms with E-state index in [1.165, 1.54) is 16.4 Å². The Balaban J connectivity index is 1.47. The minimum Gasteiger partial charge on any atom is -0.452 e. The Kier molecular flexibility index (Phi) is 6.35. The third-order valence-corrected chi connectivity index (χ3v) is 7.04. The van der Waals surface area contributed by atoms with Crippen LogP contribution in [-0.2, 0) is 26.1 Å². The zero-order chi connectivity index (χ0) is 22.7. The predicted octanol–water partition coefficient (Wildman–Crippen LogP) is 2.73. The predicted molar refractivity (Wildman–Crippen MR) is 114 cm³/mol. The van der Waals surface area contributed by atoms with Crippen LogP contribution in [0.3, 0.4) is 0 Å². The third kappa shape index (κ3) is 4.72. The monoisotopic (exact) mass is 457 g/mol. The summed E-state index contributed by atoms with van der Waals surface area (Å²) >= 11 is 0. The fraction of sp³-hybridized carbons (Fsp3) is 0.318. The smallest absolute Gasteiger partial charge is 0.338 e. The number of aryl methyl sites for hydroxylation is 2. The maximum absolute atomic E-state index is 12.9. The molecule has 0 unspecified atom stereocenters. The summed E-state index contributed by atoms with van der Waals surface area (Å²) in [6.45, 7) is 4.70. The SMILES string of the molecule is Cc1ccc(-c2noc(COC(=O)c3cc(S(=O)(=O)N4CCOCC4)ccc3C)n2)cc1. The second-order valence-electron chi connectivity index (χ2n) is 7.45. The number of hydrogen-bond donors (Lipinski definition) is 0. The highest BCUT2D eigenvalue weighted by Crippen LogP contribution is 2.22. The van der Waals surface area contributed by atoms with Crippen LogP contribution in [0.4, 0.5) is 0 Å². The van der Waals surface area contributed by atoms with Gasteiger partial charge < -0.3 is 14.0 Å². The van der Waals surface area contributed by atoms with Crippen molar-refractivity contribution in [1.82, 2.24) is 14.4 Å². The minimum absolute atomic E-state index is 0.0383. The Bertz CT molecular complexity index is 1210. The van der Waals surface area contributed by atoms with E-state index in [2.05, 4.69) is 10.1 Å². The molecule has 2 heterocycles. The lowest BCUT2D eigenvalue weighted by molar-refractivity contribution is 0.0428. The van der Waals surface area contributed by atoms with E-state index < -0.39 is 16.0 Å². The quantitative estimate of drug-likeness (QED) is 0.520. The average molecular weight is 458 g/mol. The molecule has 1 fully saturated rings. The summed E-state index contributed by atoms with van der Waals surface area (Å²) in [5.41, 5.74) is 2.66. The fourth-order valence-electron chi connectivity index (χ4n) is 3.26. The van der Waals surface area contributed by atoms with Gasteiger partial charge >= 0.3 is 5.97 Å². The van der Waals surface area contributed by atoms with Gasteiger partial charge in [-0.25, -0.2) is 13.2 Å². The van der Waals surface area contributed by atoms with Gasteiger partial charge in [-0.3, -0.25) is 0 Å². The first kappa shape index (κ1) is 22.1. The second kappa shape index (κ2) is 9.19. The van der Waals surface area contributed by atoms with Crippen LogP contribution in [0.5, 0.6) is 0 Å². The van der Waals surface area contributed by atoms with Crippen LogP contribution in [0.25, 0.3) is 11.4 Å². The Morgan fingerprint density at radius 2 is 1.81 bits per heavy atom. The largest absolute Gasteiger partial charge is 0.452 e. The first-order valence-electron chi connectivity index (χ1n) is 10.1. The molecular weight excluding hydrogens is 434 g/mol. The van der Waals surface area contributed by atoms with Crippen LogP contribution in [-0.4, -0.2) is 55.1 Å². The molecule has 0 amide bonds. The Morgan fingerprint density at radius 1 is 1.09 bits per heavy atom.